The number of ether oxygens (including phenoxy) is 1. The van der Waals surface area contributed by atoms with Gasteiger partial charge in [-0.3, -0.25) is 9.59 Å². The highest BCUT2D eigenvalue weighted by atomic mass is 19.4. The van der Waals surface area contributed by atoms with Gasteiger partial charge in [-0.2, -0.15) is 13.2 Å². The molecular formula is C22H22F3N5O4. The lowest BCUT2D eigenvalue weighted by atomic mass is 10.2. The second kappa shape index (κ2) is 11.4. The molecule has 3 aromatic rings. The second-order valence-electron chi connectivity index (χ2n) is 7.10. The number of aromatic nitrogens is 3. The van der Waals surface area contributed by atoms with Gasteiger partial charge in [-0.05, 0) is 29.8 Å². The molecule has 0 spiro atoms. The van der Waals surface area contributed by atoms with E-state index in [9.17, 15) is 22.8 Å². The second-order valence-corrected chi connectivity index (χ2v) is 7.10. The van der Waals surface area contributed by atoms with E-state index in [4.69, 9.17) is 9.84 Å². The first-order valence-corrected chi connectivity index (χ1v) is 10.2. The molecule has 0 saturated carbocycles. The first-order valence-electron chi connectivity index (χ1n) is 10.2. The quantitative estimate of drug-likeness (QED) is 0.411. The molecule has 0 fully saturated rings. The molecule has 0 radical (unpaired) electrons. The van der Waals surface area contributed by atoms with E-state index in [0.29, 0.717) is 11.4 Å². The van der Waals surface area contributed by atoms with Gasteiger partial charge in [0.15, 0.2) is 5.69 Å². The number of amides is 2. The Bertz CT molecular complexity index is 1100. The van der Waals surface area contributed by atoms with Crippen LogP contribution in [0.25, 0.3) is 5.69 Å². The fraction of sp³-hybridized carbons (Fsp3) is 0.273. The average molecular weight is 477 g/mol. The number of nitrogens with one attached hydrogen (secondary N) is 2. The van der Waals surface area contributed by atoms with E-state index >= 15 is 0 Å². The van der Waals surface area contributed by atoms with E-state index in [0.717, 1.165) is 5.56 Å². The molecule has 0 aliphatic rings. The third-order valence-electron chi connectivity index (χ3n) is 4.55. The monoisotopic (exact) mass is 477 g/mol. The van der Waals surface area contributed by atoms with Gasteiger partial charge in [0, 0.05) is 12.1 Å². The van der Waals surface area contributed by atoms with Crippen molar-refractivity contribution < 1.29 is 32.6 Å². The smallest absolute Gasteiger partial charge is 0.395 e. The predicted octanol–water partition coefficient (Wildman–Crippen LogP) is 2.00. The van der Waals surface area contributed by atoms with Gasteiger partial charge in [0.25, 0.3) is 11.8 Å². The maximum Gasteiger partial charge on any atom is 0.405 e. The molecule has 0 bridgehead atoms. The van der Waals surface area contributed by atoms with E-state index in [1.807, 2.05) is 30.3 Å². The molecule has 0 aliphatic carbocycles. The predicted molar refractivity (Wildman–Crippen MR) is 114 cm³/mol. The molecule has 0 saturated heterocycles. The Labute approximate surface area is 192 Å². The molecule has 0 atom stereocenters. The van der Waals surface area contributed by atoms with Gasteiger partial charge in [-0.25, -0.2) is 4.68 Å². The fourth-order valence-electron chi connectivity index (χ4n) is 2.94. The van der Waals surface area contributed by atoms with E-state index in [1.165, 1.54) is 28.9 Å². The zero-order valence-corrected chi connectivity index (χ0v) is 17.9. The highest BCUT2D eigenvalue weighted by molar-refractivity contribution is 5.94. The van der Waals surface area contributed by atoms with Crippen LogP contribution in [0, 0.1) is 0 Å². The van der Waals surface area contributed by atoms with Crippen LogP contribution in [0.2, 0.25) is 0 Å². The molecular weight excluding hydrogens is 455 g/mol. The number of hydrogen-bond acceptors (Lipinski definition) is 6. The van der Waals surface area contributed by atoms with Crippen LogP contribution >= 0.6 is 0 Å². The standard InChI is InChI=1S/C22H22F3N5O4/c23-22(24,25)14-27-20(32)16-6-8-17(9-7-16)30-18(13-34-12-15-4-2-1-3-5-15)19(28-29-30)21(33)26-10-11-31/h1-9,31H,10-14H2,(H,26,33)(H,27,32). The number of halogens is 3. The number of nitrogens with zero attached hydrogens (tertiary/aromatic N) is 3. The lowest BCUT2D eigenvalue weighted by Gasteiger charge is -2.11. The number of benzene rings is 2. The first kappa shape index (κ1) is 24.9. The van der Waals surface area contributed by atoms with Crippen LogP contribution in [0.5, 0.6) is 0 Å². The molecule has 2 amide bonds. The highest BCUT2D eigenvalue weighted by Crippen LogP contribution is 2.17. The summed E-state index contributed by atoms with van der Waals surface area (Å²) < 4.78 is 44.1. The summed E-state index contributed by atoms with van der Waals surface area (Å²) in [5, 5.41) is 21.2. The summed E-state index contributed by atoms with van der Waals surface area (Å²) in [6.07, 6.45) is -4.52. The van der Waals surface area contributed by atoms with Crippen molar-refractivity contribution in [2.75, 3.05) is 19.7 Å². The Morgan fingerprint density at radius 3 is 2.32 bits per heavy atom. The number of carbonyl (C=O) groups excluding carboxylic acids is 2. The topological polar surface area (TPSA) is 118 Å². The zero-order valence-electron chi connectivity index (χ0n) is 17.9. The molecule has 9 nitrogen and oxygen atoms in total. The zero-order chi connectivity index (χ0) is 24.6. The Morgan fingerprint density at radius 1 is 0.971 bits per heavy atom. The van der Waals surface area contributed by atoms with Crippen molar-refractivity contribution in [3.63, 3.8) is 0 Å². The van der Waals surface area contributed by atoms with Crippen molar-refractivity contribution in [1.29, 1.82) is 0 Å². The van der Waals surface area contributed by atoms with Gasteiger partial charge >= 0.3 is 6.18 Å². The minimum Gasteiger partial charge on any atom is -0.395 e. The van der Waals surface area contributed by atoms with E-state index in [-0.39, 0.29) is 37.6 Å². The lowest BCUT2D eigenvalue weighted by Crippen LogP contribution is -2.33. The summed E-state index contributed by atoms with van der Waals surface area (Å²) in [5.41, 5.74) is 1.67. The summed E-state index contributed by atoms with van der Waals surface area (Å²) in [5.74, 6) is -1.43. The van der Waals surface area contributed by atoms with Crippen LogP contribution in [0.15, 0.2) is 54.6 Å². The Kier molecular flexibility index (Phi) is 8.33. The third kappa shape index (κ3) is 6.86. The Balaban J connectivity index is 1.79. The summed E-state index contributed by atoms with van der Waals surface area (Å²) in [6.45, 7) is -1.43. The van der Waals surface area contributed by atoms with Gasteiger partial charge in [-0.15, -0.1) is 5.10 Å². The van der Waals surface area contributed by atoms with Gasteiger partial charge in [-0.1, -0.05) is 35.5 Å². The largest absolute Gasteiger partial charge is 0.405 e. The van der Waals surface area contributed by atoms with Crippen LogP contribution in [-0.4, -0.2) is 57.8 Å². The van der Waals surface area contributed by atoms with Crippen LogP contribution in [0.3, 0.4) is 0 Å². The molecule has 0 unspecified atom stereocenters. The van der Waals surface area contributed by atoms with E-state index in [1.54, 1.807) is 5.32 Å². The molecule has 1 aromatic heterocycles. The third-order valence-corrected chi connectivity index (χ3v) is 4.55. The molecule has 1 heterocycles. The lowest BCUT2D eigenvalue weighted by molar-refractivity contribution is -0.123. The highest BCUT2D eigenvalue weighted by Gasteiger charge is 2.28. The fourth-order valence-corrected chi connectivity index (χ4v) is 2.94. The number of aliphatic hydroxyl groups is 1. The first-order chi connectivity index (χ1) is 16.3. The summed E-state index contributed by atoms with van der Waals surface area (Å²) in [7, 11) is 0. The molecule has 12 heteroatoms. The molecule has 3 rings (SSSR count). The molecule has 0 aliphatic heterocycles. The molecule has 3 N–H and O–H groups in total. The minimum atomic E-state index is -4.52. The van der Waals surface area contributed by atoms with Gasteiger partial charge in [0.1, 0.15) is 12.2 Å². The SMILES string of the molecule is O=C(NCC(F)(F)F)c1ccc(-n2nnc(C(=O)NCCO)c2COCc2ccccc2)cc1. The van der Waals surface area contributed by atoms with Crippen LogP contribution in [0.4, 0.5) is 13.2 Å². The molecule has 180 valence electrons. The number of rotatable bonds is 10. The van der Waals surface area contributed by atoms with Crippen molar-refractivity contribution in [3.05, 3.63) is 77.1 Å². The normalized spacial score (nSPS) is 11.3. The summed E-state index contributed by atoms with van der Waals surface area (Å²) in [4.78, 5) is 24.4. The van der Waals surface area contributed by atoms with Crippen molar-refractivity contribution in [3.8, 4) is 5.69 Å². The van der Waals surface area contributed by atoms with Crippen molar-refractivity contribution in [2.45, 2.75) is 19.4 Å². The van der Waals surface area contributed by atoms with Crippen molar-refractivity contribution >= 4 is 11.8 Å². The van der Waals surface area contributed by atoms with Crippen molar-refractivity contribution in [1.82, 2.24) is 25.6 Å². The number of aliphatic hydroxyl groups excluding tert-OH is 1. The van der Waals surface area contributed by atoms with Crippen LogP contribution in [-0.2, 0) is 18.0 Å². The average Bonchev–Trinajstić information content (AvgIpc) is 3.25. The van der Waals surface area contributed by atoms with Crippen LogP contribution < -0.4 is 10.6 Å². The maximum absolute atomic E-state index is 12.5. The molecule has 34 heavy (non-hydrogen) atoms. The summed E-state index contributed by atoms with van der Waals surface area (Å²) in [6, 6.07) is 15.0. The van der Waals surface area contributed by atoms with E-state index in [2.05, 4.69) is 15.6 Å². The van der Waals surface area contributed by atoms with Gasteiger partial charge < -0.3 is 20.5 Å². The number of hydrogen-bond donors (Lipinski definition) is 3. The Morgan fingerprint density at radius 2 is 1.68 bits per heavy atom. The van der Waals surface area contributed by atoms with Gasteiger partial charge in [0.2, 0.25) is 0 Å². The maximum atomic E-state index is 12.5. The molecule has 2 aromatic carbocycles. The van der Waals surface area contributed by atoms with Crippen LogP contribution in [0.1, 0.15) is 32.1 Å². The number of carbonyl (C=O) groups is 2. The minimum absolute atomic E-state index is 0.00601. The van der Waals surface area contributed by atoms with E-state index < -0.39 is 24.5 Å². The van der Waals surface area contributed by atoms with Gasteiger partial charge in [0.05, 0.1) is 25.5 Å². The van der Waals surface area contributed by atoms with Crippen molar-refractivity contribution in [2.24, 2.45) is 0 Å². The number of alkyl halides is 3. The Hall–Kier alpha value is -3.77. The summed E-state index contributed by atoms with van der Waals surface area (Å²) >= 11 is 0.